The molecule has 1 aliphatic carbocycles. The molecule has 1 aromatic rings. The average molecular weight is 404 g/mol. The number of benzene rings is 1. The van der Waals surface area contributed by atoms with E-state index in [4.69, 9.17) is 9.47 Å². The molecule has 20 heavy (non-hydrogen) atoms. The van der Waals surface area contributed by atoms with Crippen molar-refractivity contribution in [1.29, 1.82) is 0 Å². The molecule has 3 rings (SSSR count). The molecule has 2 aliphatic rings. The van der Waals surface area contributed by atoms with Crippen LogP contribution in [0.25, 0.3) is 0 Å². The van der Waals surface area contributed by atoms with Gasteiger partial charge in [0.05, 0.1) is 0 Å². The maximum atomic E-state index is 10.6. The van der Waals surface area contributed by atoms with Crippen molar-refractivity contribution in [2.45, 2.75) is 42.8 Å². The van der Waals surface area contributed by atoms with E-state index in [0.29, 0.717) is 0 Å². The van der Waals surface area contributed by atoms with Crippen LogP contribution in [0.2, 0.25) is 4.82 Å². The fourth-order valence-corrected chi connectivity index (χ4v) is 5.97. The SMILES string of the molecule is CC1(C)O[C@H]2[C@H](O)[C@@H]([Se]c3ccccc3)C=C(Br)[C@H]2O1. The third-order valence-electron chi connectivity index (χ3n) is 3.41. The molecule has 1 fully saturated rings. The van der Waals surface area contributed by atoms with E-state index in [1.807, 2.05) is 32.0 Å². The van der Waals surface area contributed by atoms with E-state index in [1.165, 1.54) is 4.46 Å². The first-order valence-electron chi connectivity index (χ1n) is 6.59. The summed E-state index contributed by atoms with van der Waals surface area (Å²) in [5.41, 5.74) is 0. The molecule has 3 nitrogen and oxygen atoms in total. The molecule has 0 amide bonds. The van der Waals surface area contributed by atoms with E-state index in [-0.39, 0.29) is 32.0 Å². The zero-order valence-electron chi connectivity index (χ0n) is 11.3. The fourth-order valence-electron chi connectivity index (χ4n) is 2.55. The van der Waals surface area contributed by atoms with Gasteiger partial charge < -0.3 is 0 Å². The summed E-state index contributed by atoms with van der Waals surface area (Å²) in [4.78, 5) is 0.0954. The van der Waals surface area contributed by atoms with Gasteiger partial charge in [0.2, 0.25) is 0 Å². The minimum atomic E-state index is -0.641. The van der Waals surface area contributed by atoms with Crippen molar-refractivity contribution in [1.82, 2.24) is 0 Å². The molecule has 0 radical (unpaired) electrons. The van der Waals surface area contributed by atoms with Crippen molar-refractivity contribution in [2.75, 3.05) is 0 Å². The van der Waals surface area contributed by atoms with E-state index in [2.05, 4.69) is 34.1 Å². The van der Waals surface area contributed by atoms with E-state index in [9.17, 15) is 5.11 Å². The molecule has 0 aromatic heterocycles. The molecule has 1 heterocycles. The second-order valence-electron chi connectivity index (χ2n) is 5.46. The van der Waals surface area contributed by atoms with Crippen molar-refractivity contribution in [3.05, 3.63) is 40.9 Å². The number of rotatable bonds is 2. The van der Waals surface area contributed by atoms with Gasteiger partial charge in [0.1, 0.15) is 0 Å². The van der Waals surface area contributed by atoms with Crippen LogP contribution in [0.5, 0.6) is 0 Å². The van der Waals surface area contributed by atoms with Crippen LogP contribution in [0, 0.1) is 0 Å². The van der Waals surface area contributed by atoms with Crippen LogP contribution >= 0.6 is 15.9 Å². The van der Waals surface area contributed by atoms with Crippen LogP contribution in [-0.4, -0.2) is 44.2 Å². The predicted octanol–water partition coefficient (Wildman–Crippen LogP) is 1.98. The van der Waals surface area contributed by atoms with Gasteiger partial charge in [-0.1, -0.05) is 0 Å². The summed E-state index contributed by atoms with van der Waals surface area (Å²) in [6.07, 6.45) is 1.08. The summed E-state index contributed by atoms with van der Waals surface area (Å²) in [5, 5.41) is 10.6. The zero-order chi connectivity index (χ0) is 14.3. The molecular formula is C15H17BrO3Se. The Morgan fingerprint density at radius 3 is 2.60 bits per heavy atom. The Balaban J connectivity index is 1.81. The van der Waals surface area contributed by atoms with Gasteiger partial charge in [0, 0.05) is 0 Å². The van der Waals surface area contributed by atoms with Crippen molar-refractivity contribution >= 4 is 35.3 Å². The minimum absolute atomic E-state index is 0.0954. The first-order valence-corrected chi connectivity index (χ1v) is 9.23. The molecule has 5 heteroatoms. The third-order valence-corrected chi connectivity index (χ3v) is 6.71. The topological polar surface area (TPSA) is 38.7 Å². The zero-order valence-corrected chi connectivity index (χ0v) is 14.6. The van der Waals surface area contributed by atoms with Crippen molar-refractivity contribution in [2.24, 2.45) is 0 Å². The Morgan fingerprint density at radius 1 is 1.20 bits per heavy atom. The molecule has 0 spiro atoms. The van der Waals surface area contributed by atoms with Gasteiger partial charge in [-0.05, 0) is 0 Å². The summed E-state index contributed by atoms with van der Waals surface area (Å²) >= 11 is 3.75. The second-order valence-corrected chi connectivity index (χ2v) is 9.00. The van der Waals surface area contributed by atoms with Gasteiger partial charge in [0.25, 0.3) is 0 Å². The molecule has 1 aromatic carbocycles. The summed E-state index contributed by atoms with van der Waals surface area (Å²) in [6, 6.07) is 10.3. The van der Waals surface area contributed by atoms with Gasteiger partial charge in [-0.3, -0.25) is 0 Å². The molecule has 1 aliphatic heterocycles. The van der Waals surface area contributed by atoms with Crippen LogP contribution < -0.4 is 4.46 Å². The number of hydrogen-bond donors (Lipinski definition) is 1. The van der Waals surface area contributed by atoms with Crippen LogP contribution in [0.3, 0.4) is 0 Å². The molecule has 1 N–H and O–H groups in total. The number of hydrogen-bond acceptors (Lipinski definition) is 3. The molecule has 1 saturated heterocycles. The first-order chi connectivity index (χ1) is 9.46. The number of fused-ring (bicyclic) bond motifs is 1. The van der Waals surface area contributed by atoms with Gasteiger partial charge in [-0.2, -0.15) is 0 Å². The Hall–Kier alpha value is -0.161. The normalized spacial score (nSPS) is 35.5. The van der Waals surface area contributed by atoms with Crippen LogP contribution in [0.15, 0.2) is 40.9 Å². The Labute approximate surface area is 133 Å². The number of halogens is 1. The molecule has 4 atom stereocenters. The van der Waals surface area contributed by atoms with Crippen molar-refractivity contribution in [3.63, 3.8) is 0 Å². The van der Waals surface area contributed by atoms with E-state index >= 15 is 0 Å². The summed E-state index contributed by atoms with van der Waals surface area (Å²) in [6.45, 7) is 3.77. The van der Waals surface area contributed by atoms with Crippen LogP contribution in [-0.2, 0) is 9.47 Å². The number of aliphatic hydroxyl groups excluding tert-OH is 1. The van der Waals surface area contributed by atoms with E-state index in [0.717, 1.165) is 4.48 Å². The number of aliphatic hydroxyl groups is 1. The summed E-state index contributed by atoms with van der Waals surface area (Å²) < 4.78 is 14.0. The molecule has 0 unspecified atom stereocenters. The fraction of sp³-hybridized carbons (Fsp3) is 0.467. The quantitative estimate of drug-likeness (QED) is 0.767. The Morgan fingerprint density at radius 2 is 1.90 bits per heavy atom. The standard InChI is InChI=1S/C15H17BrO3Se/c1-15(2)18-13-10(16)8-11(12(17)14(13)19-15)20-9-6-4-3-5-7-9/h3-8,11-14,17H,1-2H3/t11-,12+,13+,14-/m0/s1. The van der Waals surface area contributed by atoms with Crippen molar-refractivity contribution in [3.8, 4) is 0 Å². The average Bonchev–Trinajstić information content (AvgIpc) is 2.74. The monoisotopic (exact) mass is 404 g/mol. The third kappa shape index (κ3) is 2.89. The molecule has 0 saturated carbocycles. The summed E-state index contributed by atoms with van der Waals surface area (Å²) in [5.74, 6) is -0.641. The van der Waals surface area contributed by atoms with Crippen LogP contribution in [0.1, 0.15) is 13.8 Å². The molecule has 108 valence electrons. The molecule has 0 bridgehead atoms. The maximum absolute atomic E-state index is 10.6. The summed E-state index contributed by atoms with van der Waals surface area (Å²) in [7, 11) is 0. The van der Waals surface area contributed by atoms with Gasteiger partial charge in [0.15, 0.2) is 0 Å². The second kappa shape index (κ2) is 5.56. The number of ether oxygens (including phenoxy) is 2. The molecular weight excluding hydrogens is 387 g/mol. The van der Waals surface area contributed by atoms with E-state index < -0.39 is 11.9 Å². The van der Waals surface area contributed by atoms with Crippen LogP contribution in [0.4, 0.5) is 0 Å². The van der Waals surface area contributed by atoms with Gasteiger partial charge in [-0.15, -0.1) is 0 Å². The Kier molecular flexibility index (Phi) is 4.10. The van der Waals surface area contributed by atoms with Gasteiger partial charge >= 0.3 is 134 Å². The van der Waals surface area contributed by atoms with E-state index in [1.54, 1.807) is 0 Å². The Bertz CT molecular complexity index is 517. The van der Waals surface area contributed by atoms with Crippen molar-refractivity contribution < 1.29 is 14.6 Å². The van der Waals surface area contributed by atoms with Gasteiger partial charge in [-0.25, -0.2) is 0 Å². The predicted molar refractivity (Wildman–Crippen MR) is 82.4 cm³/mol. The first kappa shape index (κ1) is 14.8.